The molecule has 4 rings (SSSR count). The molecule has 1 amide bonds. The third kappa shape index (κ3) is 6.68. The van der Waals surface area contributed by atoms with Crippen LogP contribution in [0.5, 0.6) is 23.0 Å². The van der Waals surface area contributed by atoms with E-state index >= 15 is 0 Å². The number of nitrogens with zero attached hydrogens (tertiary/aromatic N) is 1. The van der Waals surface area contributed by atoms with Gasteiger partial charge in [-0.1, -0.05) is 12.1 Å². The summed E-state index contributed by atoms with van der Waals surface area (Å²) in [7, 11) is 0. The van der Waals surface area contributed by atoms with Crippen LogP contribution >= 0.6 is 0 Å². The first-order chi connectivity index (χ1) is 16.0. The molecular formula is C26H27FN2O4. The molecule has 3 aromatic rings. The van der Waals surface area contributed by atoms with Crippen LogP contribution < -0.4 is 19.5 Å². The van der Waals surface area contributed by atoms with Crippen LogP contribution in [0.25, 0.3) is 0 Å². The number of pyridine rings is 1. The van der Waals surface area contributed by atoms with Crippen molar-refractivity contribution in [3.8, 4) is 23.0 Å². The summed E-state index contributed by atoms with van der Waals surface area (Å²) < 4.78 is 31.8. The fraction of sp³-hybridized carbons (Fsp3) is 0.308. The molecule has 33 heavy (non-hydrogen) atoms. The number of halogens is 1. The second kappa shape index (κ2) is 10.3. The first-order valence-corrected chi connectivity index (χ1v) is 11.0. The molecule has 172 valence electrons. The zero-order valence-electron chi connectivity index (χ0n) is 18.7. The Kier molecular flexibility index (Phi) is 7.07. The van der Waals surface area contributed by atoms with Crippen molar-refractivity contribution in [3.63, 3.8) is 0 Å². The van der Waals surface area contributed by atoms with Gasteiger partial charge in [0.1, 0.15) is 35.4 Å². The monoisotopic (exact) mass is 450 g/mol. The Balaban J connectivity index is 1.32. The molecule has 0 saturated heterocycles. The van der Waals surface area contributed by atoms with E-state index in [1.54, 1.807) is 42.7 Å². The standard InChI is InChI=1S/C26H27FN2O4/c1-17(29-18(2)30)20-5-8-22(9-6-20)32-16-21-7-10-23(12-26(21)27)33-25-11-24(13-28-14-25)31-15-19-3-4-19/h5-14,17,19H,3-4,15-16H2,1-2H3,(H,29,30). The largest absolute Gasteiger partial charge is 0.492 e. The molecule has 0 bridgehead atoms. The Morgan fingerprint density at radius 3 is 2.45 bits per heavy atom. The topological polar surface area (TPSA) is 69.7 Å². The van der Waals surface area contributed by atoms with E-state index < -0.39 is 5.82 Å². The average molecular weight is 451 g/mol. The second-order valence-corrected chi connectivity index (χ2v) is 8.25. The first-order valence-electron chi connectivity index (χ1n) is 11.0. The molecule has 1 N–H and O–H groups in total. The molecular weight excluding hydrogens is 423 g/mol. The van der Waals surface area contributed by atoms with Crippen LogP contribution in [0.1, 0.15) is 43.9 Å². The van der Waals surface area contributed by atoms with Crippen LogP contribution in [0.2, 0.25) is 0 Å². The molecule has 1 atom stereocenters. The van der Waals surface area contributed by atoms with Crippen LogP contribution in [-0.4, -0.2) is 17.5 Å². The molecule has 1 aromatic heterocycles. The lowest BCUT2D eigenvalue weighted by molar-refractivity contribution is -0.119. The Hall–Kier alpha value is -3.61. The summed E-state index contributed by atoms with van der Waals surface area (Å²) in [6, 6.07) is 13.7. The van der Waals surface area contributed by atoms with Gasteiger partial charge in [-0.2, -0.15) is 0 Å². The molecule has 2 aromatic carbocycles. The summed E-state index contributed by atoms with van der Waals surface area (Å²) in [5.74, 6) is 2.25. The lowest BCUT2D eigenvalue weighted by atomic mass is 10.1. The van der Waals surface area contributed by atoms with Crippen LogP contribution in [0.15, 0.2) is 60.9 Å². The number of amides is 1. The summed E-state index contributed by atoms with van der Waals surface area (Å²) in [6.07, 6.45) is 5.63. The Bertz CT molecular complexity index is 1100. The van der Waals surface area contributed by atoms with Crippen molar-refractivity contribution >= 4 is 5.91 Å². The summed E-state index contributed by atoms with van der Waals surface area (Å²) in [6.45, 7) is 4.16. The second-order valence-electron chi connectivity index (χ2n) is 8.25. The highest BCUT2D eigenvalue weighted by molar-refractivity contribution is 5.73. The molecule has 1 aliphatic rings. The lowest BCUT2D eigenvalue weighted by Crippen LogP contribution is -2.23. The van der Waals surface area contributed by atoms with Crippen molar-refractivity contribution in [1.29, 1.82) is 0 Å². The molecule has 7 heteroatoms. The van der Waals surface area contributed by atoms with E-state index in [1.807, 2.05) is 19.1 Å². The van der Waals surface area contributed by atoms with Crippen molar-refractivity contribution < 1.29 is 23.4 Å². The fourth-order valence-corrected chi connectivity index (χ4v) is 3.28. The molecule has 6 nitrogen and oxygen atoms in total. The van der Waals surface area contributed by atoms with E-state index in [-0.39, 0.29) is 18.6 Å². The van der Waals surface area contributed by atoms with Crippen LogP contribution in [0.3, 0.4) is 0 Å². The van der Waals surface area contributed by atoms with E-state index in [0.29, 0.717) is 41.1 Å². The molecule has 1 unspecified atom stereocenters. The van der Waals surface area contributed by atoms with E-state index in [0.717, 1.165) is 5.56 Å². The van der Waals surface area contributed by atoms with Crippen molar-refractivity contribution in [1.82, 2.24) is 10.3 Å². The predicted molar refractivity (Wildman–Crippen MR) is 122 cm³/mol. The maximum atomic E-state index is 14.6. The van der Waals surface area contributed by atoms with Gasteiger partial charge in [0.25, 0.3) is 0 Å². The number of ether oxygens (including phenoxy) is 3. The van der Waals surface area contributed by atoms with Gasteiger partial charge in [0.05, 0.1) is 25.0 Å². The minimum atomic E-state index is -0.419. The van der Waals surface area contributed by atoms with Gasteiger partial charge in [0.15, 0.2) is 0 Å². The predicted octanol–water partition coefficient (Wildman–Crippen LogP) is 5.58. The smallest absolute Gasteiger partial charge is 0.217 e. The molecule has 1 aliphatic carbocycles. The fourth-order valence-electron chi connectivity index (χ4n) is 3.28. The number of carbonyl (C=O) groups is 1. The van der Waals surface area contributed by atoms with E-state index in [4.69, 9.17) is 14.2 Å². The number of aromatic nitrogens is 1. The number of nitrogens with one attached hydrogen (secondary N) is 1. The highest BCUT2D eigenvalue weighted by Gasteiger charge is 2.22. The molecule has 0 spiro atoms. The third-order valence-electron chi connectivity index (χ3n) is 5.33. The molecule has 1 fully saturated rings. The van der Waals surface area contributed by atoms with Crippen molar-refractivity contribution in [2.45, 2.75) is 39.3 Å². The number of hydrogen-bond donors (Lipinski definition) is 1. The first kappa shape index (κ1) is 22.6. The van der Waals surface area contributed by atoms with Crippen LogP contribution in [0.4, 0.5) is 4.39 Å². The Labute approximate surface area is 192 Å². The number of rotatable bonds is 10. The summed E-state index contributed by atoms with van der Waals surface area (Å²) in [4.78, 5) is 15.3. The van der Waals surface area contributed by atoms with Crippen LogP contribution in [-0.2, 0) is 11.4 Å². The average Bonchev–Trinajstić information content (AvgIpc) is 3.62. The number of benzene rings is 2. The SMILES string of the molecule is CC(=O)NC(C)c1ccc(OCc2ccc(Oc3cncc(OCC4CC4)c3)cc2F)cc1. The van der Waals surface area contributed by atoms with Crippen molar-refractivity contribution in [2.75, 3.05) is 6.61 Å². The molecule has 1 heterocycles. The molecule has 0 radical (unpaired) electrons. The minimum absolute atomic E-state index is 0.0821. The number of hydrogen-bond acceptors (Lipinski definition) is 5. The number of carbonyl (C=O) groups excluding carboxylic acids is 1. The lowest BCUT2D eigenvalue weighted by Gasteiger charge is -2.14. The quantitative estimate of drug-likeness (QED) is 0.437. The Morgan fingerprint density at radius 1 is 1.03 bits per heavy atom. The van der Waals surface area contributed by atoms with Gasteiger partial charge in [0.2, 0.25) is 5.91 Å². The van der Waals surface area contributed by atoms with Gasteiger partial charge in [-0.15, -0.1) is 0 Å². The van der Waals surface area contributed by atoms with E-state index in [2.05, 4.69) is 10.3 Å². The minimum Gasteiger partial charge on any atom is -0.492 e. The third-order valence-corrected chi connectivity index (χ3v) is 5.33. The summed E-state index contributed by atoms with van der Waals surface area (Å²) >= 11 is 0. The van der Waals surface area contributed by atoms with Crippen LogP contribution in [0, 0.1) is 11.7 Å². The van der Waals surface area contributed by atoms with Crippen molar-refractivity contribution in [3.05, 3.63) is 77.9 Å². The van der Waals surface area contributed by atoms with Gasteiger partial charge < -0.3 is 19.5 Å². The maximum Gasteiger partial charge on any atom is 0.217 e. The van der Waals surface area contributed by atoms with Gasteiger partial charge in [-0.3, -0.25) is 9.78 Å². The highest BCUT2D eigenvalue weighted by atomic mass is 19.1. The summed E-state index contributed by atoms with van der Waals surface area (Å²) in [5, 5.41) is 2.83. The zero-order chi connectivity index (χ0) is 23.2. The normalized spacial score (nSPS) is 13.8. The molecule has 0 aliphatic heterocycles. The van der Waals surface area contributed by atoms with Gasteiger partial charge in [0, 0.05) is 24.6 Å². The Morgan fingerprint density at radius 2 is 1.76 bits per heavy atom. The van der Waals surface area contributed by atoms with Gasteiger partial charge in [-0.25, -0.2) is 4.39 Å². The van der Waals surface area contributed by atoms with E-state index in [9.17, 15) is 9.18 Å². The molecule has 1 saturated carbocycles. The summed E-state index contributed by atoms with van der Waals surface area (Å²) in [5.41, 5.74) is 1.37. The van der Waals surface area contributed by atoms with Crippen molar-refractivity contribution in [2.24, 2.45) is 5.92 Å². The van der Waals surface area contributed by atoms with E-state index in [1.165, 1.54) is 25.8 Å². The zero-order valence-corrected chi connectivity index (χ0v) is 18.7. The highest BCUT2D eigenvalue weighted by Crippen LogP contribution is 2.31. The van der Waals surface area contributed by atoms with Gasteiger partial charge in [-0.05, 0) is 55.5 Å². The van der Waals surface area contributed by atoms with Gasteiger partial charge >= 0.3 is 0 Å². The maximum absolute atomic E-state index is 14.6.